The number of halogens is 1. The van der Waals surface area contributed by atoms with Crippen molar-refractivity contribution in [3.63, 3.8) is 0 Å². The summed E-state index contributed by atoms with van der Waals surface area (Å²) in [6, 6.07) is 11.7. The number of nitrogens with two attached hydrogens (primary N) is 1. The quantitative estimate of drug-likeness (QED) is 0.601. The molecule has 0 unspecified atom stereocenters. The first kappa shape index (κ1) is 19.2. The van der Waals surface area contributed by atoms with Crippen LogP contribution in [0.25, 0.3) is 0 Å². The normalized spacial score (nSPS) is 11.6. The maximum atomic E-state index is 6.29. The minimum absolute atomic E-state index is 0.154. The van der Waals surface area contributed by atoms with Crippen LogP contribution >= 0.6 is 11.6 Å². The molecule has 3 rings (SSSR count). The zero-order valence-electron chi connectivity index (χ0n) is 16.3. The predicted octanol–water partition coefficient (Wildman–Crippen LogP) is 5.11. The zero-order valence-corrected chi connectivity index (χ0v) is 17.0. The molecule has 142 valence electrons. The van der Waals surface area contributed by atoms with E-state index in [1.54, 1.807) is 6.20 Å². The molecule has 5 nitrogen and oxygen atoms in total. The van der Waals surface area contributed by atoms with Gasteiger partial charge in [-0.05, 0) is 82.0 Å². The van der Waals surface area contributed by atoms with Crippen molar-refractivity contribution in [3.8, 4) is 0 Å². The maximum absolute atomic E-state index is 6.29. The Bertz CT molecular complexity index is 940. The van der Waals surface area contributed by atoms with Gasteiger partial charge in [0.15, 0.2) is 0 Å². The van der Waals surface area contributed by atoms with Gasteiger partial charge in [0.2, 0.25) is 0 Å². The lowest BCUT2D eigenvalue weighted by atomic mass is 10.1. The molecular formula is C21H26ClN5. The number of aromatic nitrogens is 3. The summed E-state index contributed by atoms with van der Waals surface area (Å²) >= 11 is 6.29. The molecule has 0 saturated heterocycles. The summed E-state index contributed by atoms with van der Waals surface area (Å²) < 4.78 is 2.01. The van der Waals surface area contributed by atoms with E-state index in [-0.39, 0.29) is 5.54 Å². The monoisotopic (exact) mass is 383 g/mol. The highest BCUT2D eigenvalue weighted by Gasteiger charge is 2.20. The topological polar surface area (TPSA) is 68.8 Å². The van der Waals surface area contributed by atoms with Gasteiger partial charge in [-0.3, -0.25) is 0 Å². The van der Waals surface area contributed by atoms with Crippen molar-refractivity contribution in [2.24, 2.45) is 0 Å². The lowest BCUT2D eigenvalue weighted by Gasteiger charge is -2.22. The Kier molecular flexibility index (Phi) is 5.42. The van der Waals surface area contributed by atoms with E-state index in [1.165, 1.54) is 0 Å². The van der Waals surface area contributed by atoms with Crippen LogP contribution < -0.4 is 11.1 Å². The van der Waals surface area contributed by atoms with Crippen LogP contribution in [0, 0.1) is 6.92 Å². The molecule has 1 aromatic carbocycles. The molecule has 6 heteroatoms. The number of nitrogen functional groups attached to an aromatic ring is 1. The van der Waals surface area contributed by atoms with Gasteiger partial charge in [-0.15, -0.1) is 0 Å². The first-order valence-electron chi connectivity index (χ1n) is 9.05. The van der Waals surface area contributed by atoms with E-state index in [0.29, 0.717) is 0 Å². The maximum Gasteiger partial charge on any atom is 0.131 e. The third-order valence-electron chi connectivity index (χ3n) is 4.29. The van der Waals surface area contributed by atoms with E-state index in [9.17, 15) is 0 Å². The second-order valence-corrected chi connectivity index (χ2v) is 8.21. The Morgan fingerprint density at radius 1 is 1.11 bits per heavy atom. The van der Waals surface area contributed by atoms with Crippen LogP contribution in [0.15, 0.2) is 42.6 Å². The summed E-state index contributed by atoms with van der Waals surface area (Å²) in [6.07, 6.45) is 3.37. The van der Waals surface area contributed by atoms with Crippen LogP contribution in [0.5, 0.6) is 0 Å². The van der Waals surface area contributed by atoms with Crippen molar-refractivity contribution in [2.75, 3.05) is 11.1 Å². The van der Waals surface area contributed by atoms with E-state index in [1.807, 2.05) is 35.0 Å². The smallest absolute Gasteiger partial charge is 0.131 e. The first-order valence-corrected chi connectivity index (χ1v) is 9.43. The van der Waals surface area contributed by atoms with Gasteiger partial charge in [-0.25, -0.2) is 9.67 Å². The van der Waals surface area contributed by atoms with E-state index >= 15 is 0 Å². The van der Waals surface area contributed by atoms with Gasteiger partial charge in [0.05, 0.1) is 11.2 Å². The standard InChI is InChI=1S/C21H26ClN5/c1-14-9-10-24-19(11-14)25-20-13-17(26-27(20)21(2,3)4)7-5-15-12-16(23)6-8-18(15)22/h6,8-13H,5,7,23H2,1-4H3,(H,24,25). The molecule has 0 aliphatic carbocycles. The van der Waals surface area contributed by atoms with E-state index in [4.69, 9.17) is 22.4 Å². The summed E-state index contributed by atoms with van der Waals surface area (Å²) in [7, 11) is 0. The van der Waals surface area contributed by atoms with Crippen LogP contribution in [0.2, 0.25) is 5.02 Å². The van der Waals surface area contributed by atoms with Gasteiger partial charge < -0.3 is 11.1 Å². The fraction of sp³-hybridized carbons (Fsp3) is 0.333. The number of nitrogens with one attached hydrogen (secondary N) is 1. The molecule has 27 heavy (non-hydrogen) atoms. The molecular weight excluding hydrogens is 358 g/mol. The number of pyridine rings is 1. The van der Waals surface area contributed by atoms with Gasteiger partial charge in [0.1, 0.15) is 11.6 Å². The molecule has 0 aliphatic rings. The molecule has 0 amide bonds. The highest BCUT2D eigenvalue weighted by atomic mass is 35.5. The summed E-state index contributed by atoms with van der Waals surface area (Å²) in [5, 5.41) is 8.96. The van der Waals surface area contributed by atoms with Gasteiger partial charge in [-0.2, -0.15) is 5.10 Å². The van der Waals surface area contributed by atoms with Crippen molar-refractivity contribution in [2.45, 2.75) is 46.1 Å². The van der Waals surface area contributed by atoms with Gasteiger partial charge in [0, 0.05) is 23.0 Å². The molecule has 0 radical (unpaired) electrons. The average Bonchev–Trinajstić information content (AvgIpc) is 2.99. The SMILES string of the molecule is Cc1ccnc(Nc2cc(CCc3cc(N)ccc3Cl)nn2C(C)(C)C)c1. The third-order valence-corrected chi connectivity index (χ3v) is 4.66. The number of benzene rings is 1. The molecule has 2 aromatic heterocycles. The summed E-state index contributed by atoms with van der Waals surface area (Å²) in [5.41, 5.74) is 9.65. The zero-order chi connectivity index (χ0) is 19.6. The number of hydrogen-bond donors (Lipinski definition) is 2. The first-order chi connectivity index (χ1) is 12.7. The number of aryl methyl sites for hydroxylation is 3. The van der Waals surface area contributed by atoms with E-state index < -0.39 is 0 Å². The van der Waals surface area contributed by atoms with Crippen molar-refractivity contribution in [1.82, 2.24) is 14.8 Å². The minimum Gasteiger partial charge on any atom is -0.399 e. The Morgan fingerprint density at radius 3 is 2.59 bits per heavy atom. The molecule has 2 heterocycles. The van der Waals surface area contributed by atoms with Gasteiger partial charge in [-0.1, -0.05) is 11.6 Å². The fourth-order valence-electron chi connectivity index (χ4n) is 2.94. The molecule has 0 aliphatic heterocycles. The molecule has 0 bridgehead atoms. The van der Waals surface area contributed by atoms with Crippen LogP contribution in [-0.2, 0) is 18.4 Å². The summed E-state index contributed by atoms with van der Waals surface area (Å²) in [6.45, 7) is 8.45. The molecule has 0 saturated carbocycles. The van der Waals surface area contributed by atoms with Crippen molar-refractivity contribution < 1.29 is 0 Å². The Hall–Kier alpha value is -2.53. The van der Waals surface area contributed by atoms with Crippen molar-refractivity contribution in [3.05, 3.63) is 64.4 Å². The second kappa shape index (κ2) is 7.61. The Labute approximate surface area is 165 Å². The average molecular weight is 384 g/mol. The van der Waals surface area contributed by atoms with Crippen molar-refractivity contribution in [1.29, 1.82) is 0 Å². The third kappa shape index (κ3) is 4.80. The molecule has 3 aromatic rings. The number of nitrogens with zero attached hydrogens (tertiary/aromatic N) is 3. The van der Waals surface area contributed by atoms with Crippen LogP contribution in [0.1, 0.15) is 37.6 Å². The minimum atomic E-state index is -0.154. The molecule has 0 fully saturated rings. The van der Waals surface area contributed by atoms with Gasteiger partial charge in [0.25, 0.3) is 0 Å². The number of anilines is 3. The van der Waals surface area contributed by atoms with Gasteiger partial charge >= 0.3 is 0 Å². The largest absolute Gasteiger partial charge is 0.399 e. The second-order valence-electron chi connectivity index (χ2n) is 7.80. The lowest BCUT2D eigenvalue weighted by molar-refractivity contribution is 0.358. The number of rotatable bonds is 5. The van der Waals surface area contributed by atoms with Crippen LogP contribution in [-0.4, -0.2) is 14.8 Å². The highest BCUT2D eigenvalue weighted by Crippen LogP contribution is 2.26. The fourth-order valence-corrected chi connectivity index (χ4v) is 3.15. The Morgan fingerprint density at radius 2 is 1.89 bits per heavy atom. The van der Waals surface area contributed by atoms with Crippen LogP contribution in [0.4, 0.5) is 17.3 Å². The molecule has 0 atom stereocenters. The van der Waals surface area contributed by atoms with E-state index in [2.05, 4.69) is 44.1 Å². The summed E-state index contributed by atoms with van der Waals surface area (Å²) in [5.74, 6) is 1.74. The van der Waals surface area contributed by atoms with Crippen LogP contribution in [0.3, 0.4) is 0 Å². The van der Waals surface area contributed by atoms with E-state index in [0.717, 1.165) is 52.0 Å². The highest BCUT2D eigenvalue weighted by molar-refractivity contribution is 6.31. The summed E-state index contributed by atoms with van der Waals surface area (Å²) in [4.78, 5) is 4.40. The number of hydrogen-bond acceptors (Lipinski definition) is 4. The lowest BCUT2D eigenvalue weighted by Crippen LogP contribution is -2.24. The van der Waals surface area contributed by atoms with Crippen molar-refractivity contribution >= 4 is 28.9 Å². The predicted molar refractivity (Wildman–Crippen MR) is 113 cm³/mol. The molecule has 3 N–H and O–H groups in total. The Balaban J connectivity index is 1.84. The molecule has 0 spiro atoms.